The summed E-state index contributed by atoms with van der Waals surface area (Å²) in [6.07, 6.45) is 0. The molecule has 8 aromatic carbocycles. The molecule has 0 radical (unpaired) electrons. The van der Waals surface area contributed by atoms with Gasteiger partial charge in [-0.15, -0.1) is 11.3 Å². The molecule has 1 aromatic heterocycles. The fraction of sp³-hybridized carbons (Fsp3) is 0. The lowest BCUT2D eigenvalue weighted by molar-refractivity contribution is 1.64. The van der Waals surface area contributed by atoms with E-state index in [1.165, 1.54) is 85.9 Å². The Bertz CT molecular complexity index is 2500. The summed E-state index contributed by atoms with van der Waals surface area (Å²) in [7, 11) is 0. The van der Waals surface area contributed by atoms with Crippen molar-refractivity contribution in [3.8, 4) is 33.4 Å². The lowest BCUT2D eigenvalue weighted by Gasteiger charge is -2.13. The summed E-state index contributed by atoms with van der Waals surface area (Å²) in [4.78, 5) is 0. The SMILES string of the molecule is c1ccc2cc(-c3ccc4cc(-c5ccc(-c6cccc7c6sc6ccccc67)cc5)c5ccccc5c4c3)ccc2c1. The highest BCUT2D eigenvalue weighted by atomic mass is 32.1. The summed E-state index contributed by atoms with van der Waals surface area (Å²) in [5.74, 6) is 0. The topological polar surface area (TPSA) is 0 Å². The standard InChI is InChI=1S/C42H26S/c1-2-9-30-24-31(21-16-27(30)8-1)32-22-23-33-26-39(35-10-3-4-11-36(35)40(33)25-32)29-19-17-28(18-20-29)34-13-7-14-38-37-12-5-6-15-41(37)43-42(34)38/h1-26H. The van der Waals surface area contributed by atoms with Gasteiger partial charge in [-0.1, -0.05) is 133 Å². The first kappa shape index (κ1) is 24.4. The Morgan fingerprint density at radius 2 is 0.907 bits per heavy atom. The maximum absolute atomic E-state index is 2.36. The molecule has 1 heterocycles. The zero-order valence-corrected chi connectivity index (χ0v) is 24.2. The molecule has 0 N–H and O–H groups in total. The molecule has 1 heteroatoms. The molecule has 9 aromatic rings. The molecule has 0 bridgehead atoms. The van der Waals surface area contributed by atoms with Crippen molar-refractivity contribution in [3.63, 3.8) is 0 Å². The van der Waals surface area contributed by atoms with E-state index < -0.39 is 0 Å². The van der Waals surface area contributed by atoms with E-state index in [4.69, 9.17) is 0 Å². The molecule has 9 rings (SSSR count). The molecule has 0 saturated carbocycles. The minimum atomic E-state index is 1.24. The van der Waals surface area contributed by atoms with Crippen LogP contribution in [0.2, 0.25) is 0 Å². The highest BCUT2D eigenvalue weighted by molar-refractivity contribution is 7.26. The third-order valence-electron chi connectivity index (χ3n) is 8.85. The van der Waals surface area contributed by atoms with Crippen molar-refractivity contribution in [1.82, 2.24) is 0 Å². The monoisotopic (exact) mass is 562 g/mol. The Kier molecular flexibility index (Phi) is 5.47. The second-order valence-electron chi connectivity index (χ2n) is 11.3. The molecule has 43 heavy (non-hydrogen) atoms. The fourth-order valence-electron chi connectivity index (χ4n) is 6.69. The van der Waals surface area contributed by atoms with Gasteiger partial charge in [0.05, 0.1) is 0 Å². The maximum Gasteiger partial charge on any atom is 0.0433 e. The molecule has 0 fully saturated rings. The van der Waals surface area contributed by atoms with Gasteiger partial charge in [0.15, 0.2) is 0 Å². The van der Waals surface area contributed by atoms with Crippen molar-refractivity contribution in [3.05, 3.63) is 158 Å². The Hall–Kier alpha value is -5.24. The van der Waals surface area contributed by atoms with Crippen LogP contribution in [0, 0.1) is 0 Å². The van der Waals surface area contributed by atoms with Crippen LogP contribution in [0.15, 0.2) is 158 Å². The van der Waals surface area contributed by atoms with Gasteiger partial charge in [-0.25, -0.2) is 0 Å². The summed E-state index contributed by atoms with van der Waals surface area (Å²) in [5, 5.41) is 10.3. The zero-order valence-electron chi connectivity index (χ0n) is 23.4. The highest BCUT2D eigenvalue weighted by Crippen LogP contribution is 2.41. The van der Waals surface area contributed by atoms with Crippen molar-refractivity contribution in [2.75, 3.05) is 0 Å². The van der Waals surface area contributed by atoms with Gasteiger partial charge < -0.3 is 0 Å². The summed E-state index contributed by atoms with van der Waals surface area (Å²) in [6, 6.07) is 58.0. The lowest BCUT2D eigenvalue weighted by atomic mass is 9.90. The van der Waals surface area contributed by atoms with Crippen molar-refractivity contribution in [1.29, 1.82) is 0 Å². The van der Waals surface area contributed by atoms with Crippen LogP contribution in [0.4, 0.5) is 0 Å². The van der Waals surface area contributed by atoms with Crippen molar-refractivity contribution in [2.24, 2.45) is 0 Å². The number of thiophene rings is 1. The van der Waals surface area contributed by atoms with E-state index in [0.29, 0.717) is 0 Å². The number of benzene rings is 8. The third-order valence-corrected chi connectivity index (χ3v) is 10.1. The van der Waals surface area contributed by atoms with Crippen LogP contribution in [0.25, 0.3) is 85.9 Å². The van der Waals surface area contributed by atoms with E-state index in [2.05, 4.69) is 158 Å². The van der Waals surface area contributed by atoms with E-state index in [0.717, 1.165) is 0 Å². The predicted molar refractivity (Wildman–Crippen MR) is 188 cm³/mol. The Balaban J connectivity index is 1.16. The Labute approximate surface area is 254 Å². The van der Waals surface area contributed by atoms with E-state index >= 15 is 0 Å². The molecule has 0 spiro atoms. The van der Waals surface area contributed by atoms with Crippen molar-refractivity contribution < 1.29 is 0 Å². The minimum Gasteiger partial charge on any atom is -0.135 e. The first-order valence-electron chi connectivity index (χ1n) is 14.8. The van der Waals surface area contributed by atoms with Crippen LogP contribution in [0.3, 0.4) is 0 Å². The van der Waals surface area contributed by atoms with Gasteiger partial charge in [-0.3, -0.25) is 0 Å². The number of hydrogen-bond donors (Lipinski definition) is 0. The van der Waals surface area contributed by atoms with Crippen molar-refractivity contribution in [2.45, 2.75) is 0 Å². The number of hydrogen-bond acceptors (Lipinski definition) is 1. The van der Waals surface area contributed by atoms with Crippen LogP contribution >= 0.6 is 11.3 Å². The number of rotatable bonds is 3. The van der Waals surface area contributed by atoms with E-state index in [9.17, 15) is 0 Å². The fourth-order valence-corrected chi connectivity index (χ4v) is 7.93. The molecular weight excluding hydrogens is 537 g/mol. The van der Waals surface area contributed by atoms with Crippen molar-refractivity contribution >= 4 is 63.8 Å². The average Bonchev–Trinajstić information content (AvgIpc) is 3.47. The zero-order chi connectivity index (χ0) is 28.3. The largest absolute Gasteiger partial charge is 0.135 e. The molecular formula is C42H26S. The van der Waals surface area contributed by atoms with Crippen LogP contribution in [0.5, 0.6) is 0 Å². The molecule has 200 valence electrons. The van der Waals surface area contributed by atoms with Crippen LogP contribution in [-0.2, 0) is 0 Å². The van der Waals surface area contributed by atoms with Gasteiger partial charge >= 0.3 is 0 Å². The van der Waals surface area contributed by atoms with E-state index in [-0.39, 0.29) is 0 Å². The molecule has 0 unspecified atom stereocenters. The number of fused-ring (bicyclic) bond motifs is 7. The second-order valence-corrected chi connectivity index (χ2v) is 12.4. The highest BCUT2D eigenvalue weighted by Gasteiger charge is 2.13. The maximum atomic E-state index is 2.36. The lowest BCUT2D eigenvalue weighted by Crippen LogP contribution is -1.87. The molecule has 0 nitrogen and oxygen atoms in total. The van der Waals surface area contributed by atoms with Gasteiger partial charge in [-0.05, 0) is 90.0 Å². The van der Waals surface area contributed by atoms with Gasteiger partial charge in [0.1, 0.15) is 0 Å². The van der Waals surface area contributed by atoms with Crippen LogP contribution in [-0.4, -0.2) is 0 Å². The molecule has 0 saturated heterocycles. The third kappa shape index (κ3) is 3.97. The van der Waals surface area contributed by atoms with Gasteiger partial charge in [0.2, 0.25) is 0 Å². The van der Waals surface area contributed by atoms with Gasteiger partial charge in [0.25, 0.3) is 0 Å². The molecule has 0 atom stereocenters. The molecule has 0 aliphatic heterocycles. The molecule has 0 aliphatic rings. The second kappa shape index (κ2) is 9.66. The first-order chi connectivity index (χ1) is 21.3. The smallest absolute Gasteiger partial charge is 0.0433 e. The molecule has 0 amide bonds. The summed E-state index contributed by atoms with van der Waals surface area (Å²) >= 11 is 1.89. The Morgan fingerprint density at radius 1 is 0.302 bits per heavy atom. The van der Waals surface area contributed by atoms with Gasteiger partial charge in [0, 0.05) is 20.2 Å². The molecule has 0 aliphatic carbocycles. The normalized spacial score (nSPS) is 11.7. The Morgan fingerprint density at radius 3 is 1.74 bits per heavy atom. The first-order valence-corrected chi connectivity index (χ1v) is 15.6. The predicted octanol–water partition coefficient (Wildman–Crippen LogP) is 12.5. The quantitative estimate of drug-likeness (QED) is 0.188. The summed E-state index contributed by atoms with van der Waals surface area (Å²) in [5.41, 5.74) is 7.56. The van der Waals surface area contributed by atoms with Crippen LogP contribution < -0.4 is 0 Å². The van der Waals surface area contributed by atoms with Gasteiger partial charge in [-0.2, -0.15) is 0 Å². The minimum absolute atomic E-state index is 1.24. The average molecular weight is 563 g/mol. The summed E-state index contributed by atoms with van der Waals surface area (Å²) in [6.45, 7) is 0. The summed E-state index contributed by atoms with van der Waals surface area (Å²) < 4.78 is 2.70. The van der Waals surface area contributed by atoms with E-state index in [1.54, 1.807) is 0 Å². The van der Waals surface area contributed by atoms with Crippen LogP contribution in [0.1, 0.15) is 0 Å². The van der Waals surface area contributed by atoms with E-state index in [1.807, 2.05) is 11.3 Å².